The third-order valence-corrected chi connectivity index (χ3v) is 5.89. The first-order valence-corrected chi connectivity index (χ1v) is 9.96. The molecule has 1 fully saturated rings. The molecule has 2 aliphatic rings. The number of likely N-dealkylation sites (N-methyl/N-ethyl adjacent to an activating group) is 3. The van der Waals surface area contributed by atoms with E-state index in [1.165, 1.54) is 7.05 Å². The molecule has 0 spiro atoms. The zero-order chi connectivity index (χ0) is 21.7. The van der Waals surface area contributed by atoms with Crippen molar-refractivity contribution in [2.24, 2.45) is 0 Å². The third kappa shape index (κ3) is 2.92. The number of ether oxygens (including phenoxy) is 1. The first-order valence-electron chi connectivity index (χ1n) is 9.96. The summed E-state index contributed by atoms with van der Waals surface area (Å²) in [6, 6.07) is 16.6. The number of carbonyl (C=O) groups excluding carboxylic acids is 2. The van der Waals surface area contributed by atoms with Crippen molar-refractivity contribution in [1.82, 2.24) is 24.6 Å². The maximum atomic E-state index is 12.8. The first kappa shape index (κ1) is 19.1. The molecule has 9 nitrogen and oxygen atoms in total. The summed E-state index contributed by atoms with van der Waals surface area (Å²) in [4.78, 5) is 29.8. The molecule has 158 valence electrons. The standard InChI is InChI=1S/C22H22N6O3/c1-25-17-19(26(2)22(30)27(3)20(17)29)28-18(23-24-21(25)28)15-9-11-16(12-10-15)31-13-14-7-5-4-6-8-14/h4-12,17,19H,13H2,1-3H3. The van der Waals surface area contributed by atoms with Crippen molar-refractivity contribution in [2.45, 2.75) is 18.8 Å². The highest BCUT2D eigenvalue weighted by Crippen LogP contribution is 2.41. The summed E-state index contributed by atoms with van der Waals surface area (Å²) in [6.07, 6.45) is -0.504. The van der Waals surface area contributed by atoms with Gasteiger partial charge in [-0.3, -0.25) is 14.3 Å². The molecule has 3 aromatic rings. The van der Waals surface area contributed by atoms with Gasteiger partial charge in [0.05, 0.1) is 0 Å². The van der Waals surface area contributed by atoms with E-state index >= 15 is 0 Å². The molecular weight excluding hydrogens is 396 g/mol. The van der Waals surface area contributed by atoms with E-state index in [-0.39, 0.29) is 11.9 Å². The number of amides is 3. The first-order chi connectivity index (χ1) is 15.0. The minimum Gasteiger partial charge on any atom is -0.489 e. The van der Waals surface area contributed by atoms with E-state index in [0.717, 1.165) is 21.8 Å². The van der Waals surface area contributed by atoms with E-state index in [9.17, 15) is 9.59 Å². The second-order valence-electron chi connectivity index (χ2n) is 7.75. The van der Waals surface area contributed by atoms with E-state index in [0.29, 0.717) is 18.4 Å². The summed E-state index contributed by atoms with van der Waals surface area (Å²) in [5.74, 6) is 1.64. The highest BCUT2D eigenvalue weighted by molar-refractivity contribution is 6.01. The summed E-state index contributed by atoms with van der Waals surface area (Å²) in [5, 5.41) is 8.64. The number of benzene rings is 2. The van der Waals surface area contributed by atoms with Gasteiger partial charge in [-0.25, -0.2) is 4.79 Å². The van der Waals surface area contributed by atoms with Gasteiger partial charge < -0.3 is 14.5 Å². The highest BCUT2D eigenvalue weighted by atomic mass is 16.5. The van der Waals surface area contributed by atoms with Crippen LogP contribution in [0, 0.1) is 0 Å². The molecule has 0 radical (unpaired) electrons. The Morgan fingerprint density at radius 1 is 0.903 bits per heavy atom. The van der Waals surface area contributed by atoms with Gasteiger partial charge in [0.15, 0.2) is 11.9 Å². The number of carbonyl (C=O) groups is 2. The summed E-state index contributed by atoms with van der Waals surface area (Å²) in [7, 11) is 4.99. The Hall–Kier alpha value is -3.88. The number of fused-ring (bicyclic) bond motifs is 3. The third-order valence-electron chi connectivity index (χ3n) is 5.89. The van der Waals surface area contributed by atoms with Gasteiger partial charge in [-0.15, -0.1) is 10.2 Å². The van der Waals surface area contributed by atoms with Crippen LogP contribution < -0.4 is 9.64 Å². The zero-order valence-electron chi connectivity index (χ0n) is 17.5. The van der Waals surface area contributed by atoms with Gasteiger partial charge in [0.1, 0.15) is 18.5 Å². The van der Waals surface area contributed by atoms with Crippen molar-refractivity contribution in [3.8, 4) is 17.1 Å². The van der Waals surface area contributed by atoms with Gasteiger partial charge in [0, 0.05) is 26.7 Å². The Balaban J connectivity index is 1.43. The molecule has 1 aromatic heterocycles. The predicted octanol–water partition coefficient (Wildman–Crippen LogP) is 2.36. The zero-order valence-corrected chi connectivity index (χ0v) is 17.5. The average Bonchev–Trinajstić information content (AvgIpc) is 3.35. The van der Waals surface area contributed by atoms with E-state index in [1.54, 1.807) is 23.9 Å². The summed E-state index contributed by atoms with van der Waals surface area (Å²) in [5.41, 5.74) is 1.92. The summed E-state index contributed by atoms with van der Waals surface area (Å²) in [6.45, 7) is 0.484. The molecule has 0 N–H and O–H groups in total. The molecule has 0 bridgehead atoms. The van der Waals surface area contributed by atoms with Crippen LogP contribution in [-0.2, 0) is 11.4 Å². The largest absolute Gasteiger partial charge is 0.489 e. The molecule has 0 aliphatic carbocycles. The Morgan fingerprint density at radius 3 is 2.32 bits per heavy atom. The lowest BCUT2D eigenvalue weighted by Gasteiger charge is -2.40. The smallest absolute Gasteiger partial charge is 0.327 e. The number of imide groups is 1. The van der Waals surface area contributed by atoms with Crippen LogP contribution in [-0.4, -0.2) is 63.7 Å². The molecule has 2 atom stereocenters. The quantitative estimate of drug-likeness (QED) is 0.647. The average molecular weight is 418 g/mol. The molecule has 31 heavy (non-hydrogen) atoms. The maximum Gasteiger partial charge on any atom is 0.327 e. The van der Waals surface area contributed by atoms with Gasteiger partial charge >= 0.3 is 6.03 Å². The molecule has 1 saturated heterocycles. The second kappa shape index (κ2) is 7.12. The highest BCUT2D eigenvalue weighted by Gasteiger charge is 2.53. The van der Waals surface area contributed by atoms with Crippen LogP contribution in [0.4, 0.5) is 10.7 Å². The number of aromatic nitrogens is 3. The second-order valence-corrected chi connectivity index (χ2v) is 7.75. The van der Waals surface area contributed by atoms with Gasteiger partial charge in [-0.05, 0) is 29.8 Å². The normalized spacial score (nSPS) is 20.2. The molecule has 5 rings (SSSR count). The Labute approximate surface area is 179 Å². The van der Waals surface area contributed by atoms with Crippen molar-refractivity contribution < 1.29 is 14.3 Å². The summed E-state index contributed by atoms with van der Waals surface area (Å²) >= 11 is 0. The Bertz CT molecular complexity index is 1140. The minimum absolute atomic E-state index is 0.253. The van der Waals surface area contributed by atoms with Crippen LogP contribution >= 0.6 is 0 Å². The Morgan fingerprint density at radius 2 is 1.61 bits per heavy atom. The lowest BCUT2D eigenvalue weighted by atomic mass is 10.1. The van der Waals surface area contributed by atoms with Crippen molar-refractivity contribution >= 4 is 17.9 Å². The van der Waals surface area contributed by atoms with E-state index in [2.05, 4.69) is 10.2 Å². The fraction of sp³-hybridized carbons (Fsp3) is 0.273. The van der Waals surface area contributed by atoms with E-state index in [4.69, 9.17) is 4.74 Å². The SMILES string of the molecule is CN1C(=O)C2C(N(C)C1=O)n1c(-c3ccc(OCc4ccccc4)cc3)nnc1N2C. The predicted molar refractivity (Wildman–Crippen MR) is 113 cm³/mol. The van der Waals surface area contributed by atoms with Crippen LogP contribution in [0.1, 0.15) is 11.7 Å². The molecular formula is C22H22N6O3. The van der Waals surface area contributed by atoms with Crippen LogP contribution in [0.2, 0.25) is 0 Å². The molecule has 3 heterocycles. The van der Waals surface area contributed by atoms with Crippen molar-refractivity contribution in [1.29, 1.82) is 0 Å². The number of urea groups is 1. The van der Waals surface area contributed by atoms with Crippen molar-refractivity contribution in [3.05, 3.63) is 60.2 Å². The lowest BCUT2D eigenvalue weighted by Crippen LogP contribution is -2.60. The molecule has 0 saturated carbocycles. The Kier molecular flexibility index (Phi) is 4.39. The number of anilines is 1. The minimum atomic E-state index is -0.537. The fourth-order valence-corrected chi connectivity index (χ4v) is 4.19. The van der Waals surface area contributed by atoms with Gasteiger partial charge in [-0.2, -0.15) is 0 Å². The topological polar surface area (TPSA) is 83.8 Å². The molecule has 2 aromatic carbocycles. The van der Waals surface area contributed by atoms with E-state index < -0.39 is 12.2 Å². The number of hydrogen-bond donors (Lipinski definition) is 0. The number of rotatable bonds is 4. The lowest BCUT2D eigenvalue weighted by molar-refractivity contribution is -0.133. The van der Waals surface area contributed by atoms with Crippen molar-refractivity contribution in [2.75, 3.05) is 26.0 Å². The fourth-order valence-electron chi connectivity index (χ4n) is 4.19. The van der Waals surface area contributed by atoms with E-state index in [1.807, 2.05) is 59.2 Å². The molecule has 3 amide bonds. The molecule has 9 heteroatoms. The summed E-state index contributed by atoms with van der Waals surface area (Å²) < 4.78 is 7.72. The number of hydrogen-bond acceptors (Lipinski definition) is 6. The van der Waals surface area contributed by atoms with Gasteiger partial charge in [0.2, 0.25) is 5.95 Å². The van der Waals surface area contributed by atoms with Crippen LogP contribution in [0.15, 0.2) is 54.6 Å². The van der Waals surface area contributed by atoms with Gasteiger partial charge in [0.25, 0.3) is 5.91 Å². The maximum absolute atomic E-state index is 12.8. The molecule has 2 aliphatic heterocycles. The van der Waals surface area contributed by atoms with Crippen LogP contribution in [0.5, 0.6) is 5.75 Å². The van der Waals surface area contributed by atoms with Crippen molar-refractivity contribution in [3.63, 3.8) is 0 Å². The number of nitrogens with zero attached hydrogens (tertiary/aromatic N) is 6. The molecule has 2 unspecified atom stereocenters. The van der Waals surface area contributed by atoms with Crippen LogP contribution in [0.25, 0.3) is 11.4 Å². The van der Waals surface area contributed by atoms with Gasteiger partial charge in [-0.1, -0.05) is 30.3 Å². The van der Waals surface area contributed by atoms with Crippen LogP contribution in [0.3, 0.4) is 0 Å². The monoisotopic (exact) mass is 418 g/mol.